The first-order valence-corrected chi connectivity index (χ1v) is 8.23. The summed E-state index contributed by atoms with van der Waals surface area (Å²) >= 11 is 2.66. The van der Waals surface area contributed by atoms with Gasteiger partial charge < -0.3 is 10.6 Å². The Kier molecular flexibility index (Phi) is 5.94. The van der Waals surface area contributed by atoms with Crippen molar-refractivity contribution in [2.75, 3.05) is 17.6 Å². The van der Waals surface area contributed by atoms with Crippen LogP contribution in [0.5, 0.6) is 0 Å². The fourth-order valence-electron chi connectivity index (χ4n) is 1.45. The van der Waals surface area contributed by atoms with Crippen molar-refractivity contribution < 1.29 is 9.18 Å². The van der Waals surface area contributed by atoms with Gasteiger partial charge in [-0.2, -0.15) is 0 Å². The lowest BCUT2D eigenvalue weighted by molar-refractivity contribution is -0.118. The smallest absolute Gasteiger partial charge is 0.230 e. The number of carbonyl (C=O) groups is 1. The van der Waals surface area contributed by atoms with E-state index in [9.17, 15) is 9.18 Å². The fraction of sp³-hybridized carbons (Fsp3) is 0.308. The van der Waals surface area contributed by atoms with E-state index < -0.39 is 0 Å². The van der Waals surface area contributed by atoms with Gasteiger partial charge in [-0.1, -0.05) is 36.1 Å². The molecule has 0 saturated heterocycles. The summed E-state index contributed by atoms with van der Waals surface area (Å²) in [5.74, 6) is -0.0161. The highest BCUT2D eigenvalue weighted by atomic mass is 32.2. The molecule has 0 aliphatic carbocycles. The number of amides is 1. The van der Waals surface area contributed by atoms with Crippen LogP contribution in [-0.2, 0) is 4.79 Å². The molecule has 2 N–H and O–H groups in total. The van der Waals surface area contributed by atoms with Gasteiger partial charge in [0.05, 0.1) is 5.75 Å². The minimum absolute atomic E-state index is 0.0170. The molecule has 0 unspecified atom stereocenters. The van der Waals surface area contributed by atoms with Crippen LogP contribution in [0.4, 0.5) is 15.2 Å². The van der Waals surface area contributed by atoms with Crippen molar-refractivity contribution >= 4 is 39.8 Å². The van der Waals surface area contributed by atoms with Crippen molar-refractivity contribution in [1.29, 1.82) is 0 Å². The monoisotopic (exact) mass is 326 g/mol. The molecule has 2 rings (SSSR count). The molecule has 2 aromatic rings. The van der Waals surface area contributed by atoms with Crippen LogP contribution in [0.15, 0.2) is 28.6 Å². The molecule has 0 aliphatic heterocycles. The maximum absolute atomic E-state index is 13.1. The average Bonchev–Trinajstić information content (AvgIpc) is 2.90. The quantitative estimate of drug-likeness (QED) is 0.766. The number of hydrogen-bond acceptors (Lipinski definition) is 6. The highest BCUT2D eigenvalue weighted by Crippen LogP contribution is 2.27. The SMILES string of the molecule is CCCNC(=O)CSc1nnc(Nc2cccc(F)c2)s1. The normalized spacial score (nSPS) is 10.4. The zero-order chi connectivity index (χ0) is 15.1. The Balaban J connectivity index is 1.85. The molecule has 0 spiro atoms. The van der Waals surface area contributed by atoms with Gasteiger partial charge in [0.1, 0.15) is 5.82 Å². The highest BCUT2D eigenvalue weighted by molar-refractivity contribution is 8.01. The van der Waals surface area contributed by atoms with Gasteiger partial charge in [-0.3, -0.25) is 4.79 Å². The summed E-state index contributed by atoms with van der Waals surface area (Å²) in [4.78, 5) is 11.5. The minimum atomic E-state index is -0.313. The number of nitrogens with zero attached hydrogens (tertiary/aromatic N) is 2. The second-order valence-corrected chi connectivity index (χ2v) is 6.35. The molecule has 0 saturated carbocycles. The van der Waals surface area contributed by atoms with Crippen LogP contribution in [0.2, 0.25) is 0 Å². The molecule has 0 atom stereocenters. The molecule has 1 heterocycles. The van der Waals surface area contributed by atoms with Crippen molar-refractivity contribution in [2.24, 2.45) is 0 Å². The fourth-order valence-corrected chi connectivity index (χ4v) is 3.05. The van der Waals surface area contributed by atoms with Crippen molar-refractivity contribution in [1.82, 2.24) is 15.5 Å². The molecule has 21 heavy (non-hydrogen) atoms. The van der Waals surface area contributed by atoms with Crippen molar-refractivity contribution in [3.05, 3.63) is 30.1 Å². The molecular formula is C13H15FN4OS2. The predicted octanol–water partition coefficient (Wildman–Crippen LogP) is 3.04. The number of nitrogens with one attached hydrogen (secondary N) is 2. The molecule has 0 bridgehead atoms. The molecule has 1 aromatic heterocycles. The third-order valence-electron chi connectivity index (χ3n) is 2.38. The van der Waals surface area contributed by atoms with Gasteiger partial charge in [-0.25, -0.2) is 4.39 Å². The Morgan fingerprint density at radius 3 is 3.05 bits per heavy atom. The summed E-state index contributed by atoms with van der Waals surface area (Å²) in [6.45, 7) is 2.68. The summed E-state index contributed by atoms with van der Waals surface area (Å²) in [5.41, 5.74) is 0.614. The van der Waals surface area contributed by atoms with E-state index in [0.29, 0.717) is 27.5 Å². The van der Waals surface area contributed by atoms with Gasteiger partial charge in [0.2, 0.25) is 11.0 Å². The van der Waals surface area contributed by atoms with E-state index in [1.54, 1.807) is 12.1 Å². The Labute approximate surface area is 130 Å². The van der Waals surface area contributed by atoms with Gasteiger partial charge in [0, 0.05) is 12.2 Å². The zero-order valence-corrected chi connectivity index (χ0v) is 13.1. The van der Waals surface area contributed by atoms with Crippen LogP contribution in [0, 0.1) is 5.82 Å². The van der Waals surface area contributed by atoms with Crippen LogP contribution >= 0.6 is 23.1 Å². The summed E-state index contributed by atoms with van der Waals surface area (Å²) in [6, 6.07) is 6.12. The maximum atomic E-state index is 13.1. The predicted molar refractivity (Wildman–Crippen MR) is 83.6 cm³/mol. The maximum Gasteiger partial charge on any atom is 0.230 e. The number of benzene rings is 1. The number of anilines is 2. The van der Waals surface area contributed by atoms with E-state index in [0.717, 1.165) is 6.42 Å². The van der Waals surface area contributed by atoms with Crippen molar-refractivity contribution in [2.45, 2.75) is 17.7 Å². The van der Waals surface area contributed by atoms with Crippen molar-refractivity contribution in [3.8, 4) is 0 Å². The van der Waals surface area contributed by atoms with Gasteiger partial charge >= 0.3 is 0 Å². The molecule has 5 nitrogen and oxygen atoms in total. The lowest BCUT2D eigenvalue weighted by atomic mass is 10.3. The first-order chi connectivity index (χ1) is 10.2. The Morgan fingerprint density at radius 2 is 2.29 bits per heavy atom. The minimum Gasteiger partial charge on any atom is -0.355 e. The standard InChI is InChI=1S/C13H15FN4OS2/c1-2-6-15-11(19)8-20-13-18-17-12(21-13)16-10-5-3-4-9(14)7-10/h3-5,7H,2,6,8H2,1H3,(H,15,19)(H,16,17). The van der Waals surface area contributed by atoms with Gasteiger partial charge in [-0.05, 0) is 24.6 Å². The summed E-state index contributed by atoms with van der Waals surface area (Å²) in [7, 11) is 0. The number of thioether (sulfide) groups is 1. The van der Waals surface area contributed by atoms with Crippen LogP contribution in [0.3, 0.4) is 0 Å². The van der Waals surface area contributed by atoms with Crippen molar-refractivity contribution in [3.63, 3.8) is 0 Å². The van der Waals surface area contributed by atoms with Crippen LogP contribution in [-0.4, -0.2) is 28.4 Å². The van der Waals surface area contributed by atoms with Crippen LogP contribution in [0.25, 0.3) is 0 Å². The Morgan fingerprint density at radius 1 is 1.43 bits per heavy atom. The second kappa shape index (κ2) is 7.94. The zero-order valence-electron chi connectivity index (χ0n) is 11.4. The molecule has 0 fully saturated rings. The number of aromatic nitrogens is 2. The van der Waals surface area contributed by atoms with E-state index in [2.05, 4.69) is 20.8 Å². The van der Waals surface area contributed by atoms with Gasteiger partial charge in [0.25, 0.3) is 0 Å². The molecule has 8 heteroatoms. The third-order valence-corrected chi connectivity index (χ3v) is 4.35. The molecule has 112 valence electrons. The van der Waals surface area contributed by atoms with Crippen LogP contribution < -0.4 is 10.6 Å². The Hall–Kier alpha value is -1.67. The number of rotatable bonds is 7. The summed E-state index contributed by atoms with van der Waals surface area (Å²) < 4.78 is 13.8. The molecule has 1 amide bonds. The summed E-state index contributed by atoms with van der Waals surface area (Å²) in [6.07, 6.45) is 0.914. The molecule has 0 aliphatic rings. The third kappa shape index (κ3) is 5.31. The average molecular weight is 326 g/mol. The van der Waals surface area contributed by atoms with Gasteiger partial charge in [-0.15, -0.1) is 10.2 Å². The Bertz CT molecular complexity index is 605. The lowest BCUT2D eigenvalue weighted by Gasteiger charge is -2.01. The van der Waals surface area contributed by atoms with Gasteiger partial charge in [0.15, 0.2) is 4.34 Å². The van der Waals surface area contributed by atoms with E-state index in [1.165, 1.54) is 35.2 Å². The van der Waals surface area contributed by atoms with E-state index in [1.807, 2.05) is 6.92 Å². The largest absolute Gasteiger partial charge is 0.355 e. The van der Waals surface area contributed by atoms with Crippen LogP contribution in [0.1, 0.15) is 13.3 Å². The number of hydrogen-bond donors (Lipinski definition) is 2. The molecule has 1 aromatic carbocycles. The van der Waals surface area contributed by atoms with E-state index >= 15 is 0 Å². The number of halogens is 1. The lowest BCUT2D eigenvalue weighted by Crippen LogP contribution is -2.25. The highest BCUT2D eigenvalue weighted by Gasteiger charge is 2.08. The second-order valence-electron chi connectivity index (χ2n) is 4.15. The first-order valence-electron chi connectivity index (χ1n) is 6.43. The topological polar surface area (TPSA) is 66.9 Å². The van der Waals surface area contributed by atoms with E-state index in [4.69, 9.17) is 0 Å². The summed E-state index contributed by atoms with van der Waals surface area (Å²) in [5, 5.41) is 14.3. The van der Waals surface area contributed by atoms with E-state index in [-0.39, 0.29) is 11.7 Å². The first kappa shape index (κ1) is 15.7. The molecular weight excluding hydrogens is 311 g/mol. The molecule has 0 radical (unpaired) electrons. The number of carbonyl (C=O) groups excluding carboxylic acids is 1.